The third kappa shape index (κ3) is 7.21. The SMILES string of the molecule is COc1cc(CCNC(=O)[C@H](O)COCc2ccccc2)ccc1OC(C)C. The standard InChI is InChI=1S/C22H29NO5/c1-16(2)28-20-10-9-17(13-21(20)26-3)11-12-23-22(25)19(24)15-27-14-18-7-5-4-6-8-18/h4-10,13,16,19,24H,11-12,14-15H2,1-3H3,(H,23,25)/t19-/m1/s1. The summed E-state index contributed by atoms with van der Waals surface area (Å²) in [6, 6.07) is 15.3. The highest BCUT2D eigenvalue weighted by atomic mass is 16.5. The normalized spacial score (nSPS) is 11.9. The molecule has 2 aromatic carbocycles. The summed E-state index contributed by atoms with van der Waals surface area (Å²) in [5.74, 6) is 0.905. The topological polar surface area (TPSA) is 77.0 Å². The average molecular weight is 387 g/mol. The molecule has 0 radical (unpaired) electrons. The van der Waals surface area contributed by atoms with Crippen LogP contribution in [0.25, 0.3) is 0 Å². The number of rotatable bonds is 11. The summed E-state index contributed by atoms with van der Waals surface area (Å²) in [5, 5.41) is 12.6. The molecule has 0 fully saturated rings. The van der Waals surface area contributed by atoms with Crippen molar-refractivity contribution in [3.8, 4) is 11.5 Å². The number of carbonyl (C=O) groups excluding carboxylic acids is 1. The Labute approximate surface area is 166 Å². The summed E-state index contributed by atoms with van der Waals surface area (Å²) in [5.41, 5.74) is 2.00. The van der Waals surface area contributed by atoms with Crippen LogP contribution in [0.1, 0.15) is 25.0 Å². The van der Waals surface area contributed by atoms with Gasteiger partial charge in [0.25, 0.3) is 5.91 Å². The molecule has 2 N–H and O–H groups in total. The monoisotopic (exact) mass is 387 g/mol. The van der Waals surface area contributed by atoms with E-state index in [-0.39, 0.29) is 12.7 Å². The second-order valence-electron chi connectivity index (χ2n) is 6.71. The van der Waals surface area contributed by atoms with E-state index in [1.54, 1.807) is 7.11 Å². The number of hydrogen-bond donors (Lipinski definition) is 2. The summed E-state index contributed by atoms with van der Waals surface area (Å²) in [7, 11) is 1.60. The van der Waals surface area contributed by atoms with Crippen LogP contribution in [0.4, 0.5) is 0 Å². The molecule has 2 rings (SSSR count). The van der Waals surface area contributed by atoms with Crippen LogP contribution in [-0.2, 0) is 22.6 Å². The van der Waals surface area contributed by atoms with Crippen LogP contribution < -0.4 is 14.8 Å². The van der Waals surface area contributed by atoms with E-state index in [0.717, 1.165) is 11.1 Å². The van der Waals surface area contributed by atoms with Crippen molar-refractivity contribution in [3.05, 3.63) is 59.7 Å². The van der Waals surface area contributed by atoms with Crippen LogP contribution in [0.15, 0.2) is 48.5 Å². The zero-order valence-corrected chi connectivity index (χ0v) is 16.7. The first-order valence-corrected chi connectivity index (χ1v) is 9.40. The third-order valence-electron chi connectivity index (χ3n) is 3.99. The van der Waals surface area contributed by atoms with Gasteiger partial charge in [-0.05, 0) is 43.5 Å². The lowest BCUT2D eigenvalue weighted by Crippen LogP contribution is -2.38. The number of ether oxygens (including phenoxy) is 3. The molecule has 0 aromatic heterocycles. The van der Waals surface area contributed by atoms with Crippen LogP contribution in [0.2, 0.25) is 0 Å². The summed E-state index contributed by atoms with van der Waals surface area (Å²) in [6.07, 6.45) is -0.522. The zero-order valence-electron chi connectivity index (χ0n) is 16.7. The molecule has 2 aromatic rings. The molecule has 0 saturated heterocycles. The van der Waals surface area contributed by atoms with Gasteiger partial charge in [-0.2, -0.15) is 0 Å². The van der Waals surface area contributed by atoms with Crippen molar-refractivity contribution in [2.45, 2.75) is 39.1 Å². The highest BCUT2D eigenvalue weighted by Crippen LogP contribution is 2.29. The van der Waals surface area contributed by atoms with E-state index in [2.05, 4.69) is 5.32 Å². The molecule has 0 spiro atoms. The van der Waals surface area contributed by atoms with Gasteiger partial charge >= 0.3 is 0 Å². The minimum absolute atomic E-state index is 0.0458. The maximum absolute atomic E-state index is 12.0. The van der Waals surface area contributed by atoms with E-state index < -0.39 is 12.0 Å². The molecule has 152 valence electrons. The summed E-state index contributed by atoms with van der Waals surface area (Å²) in [4.78, 5) is 12.0. The van der Waals surface area contributed by atoms with Gasteiger partial charge in [0.1, 0.15) is 0 Å². The van der Waals surface area contributed by atoms with Crippen molar-refractivity contribution in [2.24, 2.45) is 0 Å². The molecule has 6 nitrogen and oxygen atoms in total. The first-order valence-electron chi connectivity index (χ1n) is 9.40. The number of aliphatic hydroxyl groups is 1. The van der Waals surface area contributed by atoms with Gasteiger partial charge in [-0.25, -0.2) is 0 Å². The fraction of sp³-hybridized carbons (Fsp3) is 0.409. The molecule has 0 aliphatic heterocycles. The number of methoxy groups -OCH3 is 1. The maximum Gasteiger partial charge on any atom is 0.251 e. The Hall–Kier alpha value is -2.57. The number of amides is 1. The van der Waals surface area contributed by atoms with Gasteiger partial charge in [-0.1, -0.05) is 36.4 Å². The average Bonchev–Trinajstić information content (AvgIpc) is 2.69. The lowest BCUT2D eigenvalue weighted by molar-refractivity contribution is -0.132. The minimum atomic E-state index is -1.19. The van der Waals surface area contributed by atoms with E-state index >= 15 is 0 Å². The van der Waals surface area contributed by atoms with Crippen molar-refractivity contribution in [2.75, 3.05) is 20.3 Å². The Balaban J connectivity index is 1.73. The van der Waals surface area contributed by atoms with Crippen LogP contribution >= 0.6 is 0 Å². The zero-order chi connectivity index (χ0) is 20.4. The molecule has 0 aliphatic carbocycles. The van der Waals surface area contributed by atoms with Gasteiger partial charge in [-0.15, -0.1) is 0 Å². The smallest absolute Gasteiger partial charge is 0.251 e. The van der Waals surface area contributed by atoms with Crippen LogP contribution in [0.5, 0.6) is 11.5 Å². The third-order valence-corrected chi connectivity index (χ3v) is 3.99. The molecular formula is C22H29NO5. The molecular weight excluding hydrogens is 358 g/mol. The van der Waals surface area contributed by atoms with Gasteiger partial charge in [0, 0.05) is 6.54 Å². The van der Waals surface area contributed by atoms with Gasteiger partial charge in [0.05, 0.1) is 26.4 Å². The van der Waals surface area contributed by atoms with E-state index in [1.807, 2.05) is 62.4 Å². The van der Waals surface area contributed by atoms with Gasteiger partial charge in [0.2, 0.25) is 0 Å². The fourth-order valence-corrected chi connectivity index (χ4v) is 2.60. The van der Waals surface area contributed by atoms with Crippen molar-refractivity contribution >= 4 is 5.91 Å². The van der Waals surface area contributed by atoms with Crippen molar-refractivity contribution < 1.29 is 24.1 Å². The molecule has 0 saturated carbocycles. The Kier molecular flexibility index (Phi) is 8.78. The summed E-state index contributed by atoms with van der Waals surface area (Å²) < 4.78 is 16.5. The van der Waals surface area contributed by atoms with Gasteiger partial charge < -0.3 is 24.6 Å². The second-order valence-corrected chi connectivity index (χ2v) is 6.71. The Morgan fingerprint density at radius 1 is 1.07 bits per heavy atom. The van der Waals surface area contributed by atoms with E-state index in [0.29, 0.717) is 31.1 Å². The van der Waals surface area contributed by atoms with Gasteiger partial charge in [0.15, 0.2) is 17.6 Å². The fourth-order valence-electron chi connectivity index (χ4n) is 2.60. The van der Waals surface area contributed by atoms with Crippen molar-refractivity contribution in [1.82, 2.24) is 5.32 Å². The predicted octanol–water partition coefficient (Wildman–Crippen LogP) is 2.72. The summed E-state index contributed by atoms with van der Waals surface area (Å²) in [6.45, 7) is 4.63. The number of hydrogen-bond acceptors (Lipinski definition) is 5. The lowest BCUT2D eigenvalue weighted by atomic mass is 10.1. The molecule has 0 heterocycles. The Morgan fingerprint density at radius 2 is 1.82 bits per heavy atom. The molecule has 28 heavy (non-hydrogen) atoms. The number of benzene rings is 2. The highest BCUT2D eigenvalue weighted by molar-refractivity contribution is 5.80. The molecule has 0 unspecified atom stereocenters. The quantitative estimate of drug-likeness (QED) is 0.620. The number of carbonyl (C=O) groups is 1. The number of nitrogens with one attached hydrogen (secondary N) is 1. The first kappa shape index (κ1) is 21.7. The van der Waals surface area contributed by atoms with Crippen molar-refractivity contribution in [3.63, 3.8) is 0 Å². The summed E-state index contributed by atoms with van der Waals surface area (Å²) >= 11 is 0. The maximum atomic E-state index is 12.0. The second kappa shape index (κ2) is 11.3. The van der Waals surface area contributed by atoms with E-state index in [1.165, 1.54) is 0 Å². The highest BCUT2D eigenvalue weighted by Gasteiger charge is 2.15. The molecule has 1 amide bonds. The Morgan fingerprint density at radius 3 is 2.50 bits per heavy atom. The molecule has 0 bridgehead atoms. The number of aliphatic hydroxyl groups excluding tert-OH is 1. The van der Waals surface area contributed by atoms with Gasteiger partial charge in [-0.3, -0.25) is 4.79 Å². The lowest BCUT2D eigenvalue weighted by Gasteiger charge is -2.15. The van der Waals surface area contributed by atoms with E-state index in [9.17, 15) is 9.90 Å². The Bertz CT molecular complexity index is 733. The molecule has 6 heteroatoms. The first-order chi connectivity index (χ1) is 13.5. The van der Waals surface area contributed by atoms with Crippen LogP contribution in [-0.4, -0.2) is 43.5 Å². The minimum Gasteiger partial charge on any atom is -0.493 e. The van der Waals surface area contributed by atoms with Crippen LogP contribution in [0.3, 0.4) is 0 Å². The largest absolute Gasteiger partial charge is 0.493 e. The van der Waals surface area contributed by atoms with E-state index in [4.69, 9.17) is 14.2 Å². The van der Waals surface area contributed by atoms with Crippen LogP contribution in [0, 0.1) is 0 Å². The molecule has 1 atom stereocenters. The predicted molar refractivity (Wildman–Crippen MR) is 108 cm³/mol. The molecule has 0 aliphatic rings. The van der Waals surface area contributed by atoms with Crippen molar-refractivity contribution in [1.29, 1.82) is 0 Å².